The van der Waals surface area contributed by atoms with Crippen molar-refractivity contribution < 1.29 is 22.6 Å². The molecule has 2 aliphatic rings. The molecule has 2 atom stereocenters. The molecule has 1 aromatic heterocycles. The number of nitrogens with one attached hydrogen (secondary N) is 2. The summed E-state index contributed by atoms with van der Waals surface area (Å²) in [7, 11) is 1.82. The van der Waals surface area contributed by atoms with Crippen LogP contribution in [0.25, 0.3) is 0 Å². The van der Waals surface area contributed by atoms with E-state index in [1.165, 1.54) is 0 Å². The van der Waals surface area contributed by atoms with Crippen LogP contribution in [0.3, 0.4) is 0 Å². The SMILES string of the molecule is CNC(C)C1=C2C=NC=C[N+]2(N)C(c2ccc(C(=O)Nc3cc(C(F)(F)F)ccn3)cc2)=N1. The van der Waals surface area contributed by atoms with Gasteiger partial charge in [-0.25, -0.2) is 4.98 Å². The number of fused-ring (bicyclic) bond motifs is 1. The van der Waals surface area contributed by atoms with Gasteiger partial charge in [0.05, 0.1) is 29.6 Å². The number of hydrogen-bond donors (Lipinski definition) is 3. The number of hydrogen-bond acceptors (Lipinski definition) is 6. The highest BCUT2D eigenvalue weighted by molar-refractivity contribution is 6.05. The smallest absolute Gasteiger partial charge is 0.312 e. The van der Waals surface area contributed by atoms with Crippen LogP contribution in [-0.4, -0.2) is 40.6 Å². The maximum atomic E-state index is 12.9. The quantitative estimate of drug-likeness (QED) is 0.475. The summed E-state index contributed by atoms with van der Waals surface area (Å²) in [5, 5.41) is 5.53. The number of nitrogens with two attached hydrogens (primary N) is 1. The molecule has 1 amide bonds. The number of pyridine rings is 1. The first-order valence-corrected chi connectivity index (χ1v) is 9.98. The van der Waals surface area contributed by atoms with Crippen molar-refractivity contribution >= 4 is 23.8 Å². The maximum Gasteiger partial charge on any atom is 0.416 e. The van der Waals surface area contributed by atoms with Crippen molar-refractivity contribution in [3.8, 4) is 0 Å². The molecule has 8 nitrogen and oxygen atoms in total. The third-order valence-electron chi connectivity index (χ3n) is 5.40. The summed E-state index contributed by atoms with van der Waals surface area (Å²) in [5.74, 6) is 6.41. The molecule has 0 fully saturated rings. The Morgan fingerprint density at radius 2 is 1.91 bits per heavy atom. The fraction of sp³-hybridized carbons (Fsp3) is 0.182. The number of allylic oxidation sites excluding steroid dienone is 1. The van der Waals surface area contributed by atoms with E-state index in [0.717, 1.165) is 29.7 Å². The zero-order valence-corrected chi connectivity index (χ0v) is 17.8. The second-order valence-corrected chi connectivity index (χ2v) is 7.53. The molecule has 0 radical (unpaired) electrons. The molecular weight excluding hydrogens is 435 g/mol. The summed E-state index contributed by atoms with van der Waals surface area (Å²) in [4.78, 5) is 25.2. The Labute approximate surface area is 187 Å². The van der Waals surface area contributed by atoms with E-state index in [9.17, 15) is 18.0 Å². The van der Waals surface area contributed by atoms with Crippen LogP contribution in [0.15, 0.2) is 76.4 Å². The third kappa shape index (κ3) is 4.21. The van der Waals surface area contributed by atoms with Crippen molar-refractivity contribution in [1.29, 1.82) is 0 Å². The molecule has 0 spiro atoms. The van der Waals surface area contributed by atoms with Crippen LogP contribution < -0.4 is 16.5 Å². The molecule has 33 heavy (non-hydrogen) atoms. The van der Waals surface area contributed by atoms with E-state index in [2.05, 4.69) is 20.6 Å². The number of amidine groups is 1. The lowest BCUT2D eigenvalue weighted by atomic mass is 10.1. The molecule has 0 saturated carbocycles. The van der Waals surface area contributed by atoms with Crippen LogP contribution >= 0.6 is 0 Å². The Hall–Kier alpha value is -3.67. The number of benzene rings is 1. The Bertz CT molecular complexity index is 1220. The Morgan fingerprint density at radius 3 is 2.58 bits per heavy atom. The van der Waals surface area contributed by atoms with E-state index in [0.29, 0.717) is 11.4 Å². The number of likely N-dealkylation sites (N-methyl/N-ethyl adjacent to an activating group) is 1. The second-order valence-electron chi connectivity index (χ2n) is 7.53. The average Bonchev–Trinajstić information content (AvgIpc) is 3.11. The minimum absolute atomic E-state index is 0.0680. The fourth-order valence-electron chi connectivity index (χ4n) is 3.50. The van der Waals surface area contributed by atoms with E-state index in [-0.39, 0.29) is 22.0 Å². The molecular formula is C22H21F3N7O+. The zero-order valence-electron chi connectivity index (χ0n) is 17.8. The van der Waals surface area contributed by atoms with E-state index in [1.54, 1.807) is 42.9 Å². The van der Waals surface area contributed by atoms with Gasteiger partial charge >= 0.3 is 6.18 Å². The van der Waals surface area contributed by atoms with Gasteiger partial charge in [-0.3, -0.25) is 9.79 Å². The molecule has 2 unspecified atom stereocenters. The molecule has 2 aromatic rings. The van der Waals surface area contributed by atoms with Crippen LogP contribution in [0.5, 0.6) is 0 Å². The third-order valence-corrected chi connectivity index (χ3v) is 5.40. The van der Waals surface area contributed by atoms with Crippen LogP contribution in [0.4, 0.5) is 19.0 Å². The average molecular weight is 456 g/mol. The van der Waals surface area contributed by atoms with Crippen molar-refractivity contribution in [1.82, 2.24) is 10.3 Å². The van der Waals surface area contributed by atoms with Gasteiger partial charge in [-0.2, -0.15) is 24.0 Å². The first-order chi connectivity index (χ1) is 15.6. The van der Waals surface area contributed by atoms with Crippen LogP contribution in [0.2, 0.25) is 0 Å². The number of carbonyl (C=O) groups is 1. The zero-order chi connectivity index (χ0) is 23.8. The molecule has 0 saturated heterocycles. The Balaban J connectivity index is 1.57. The molecule has 4 rings (SSSR count). The van der Waals surface area contributed by atoms with Gasteiger partial charge in [0.1, 0.15) is 17.7 Å². The lowest BCUT2D eigenvalue weighted by Gasteiger charge is -2.26. The predicted octanol–water partition coefficient (Wildman–Crippen LogP) is 3.18. The number of nitrogens with zero attached hydrogens (tertiary/aromatic N) is 4. The number of quaternary nitrogens is 1. The van der Waals surface area contributed by atoms with Gasteiger partial charge < -0.3 is 10.6 Å². The standard InChI is InChI=1S/C22H20F3N7O/c1-13(27-2)19-17-12-28-9-10-32(17,26)20(31-19)14-3-5-15(6-4-14)21(33)30-18-11-16(7-8-29-18)22(23,24)25/h3-13,27H,26H2,1-2H3/p+1. The van der Waals surface area contributed by atoms with E-state index >= 15 is 0 Å². The number of halogens is 3. The molecule has 170 valence electrons. The molecule has 3 heterocycles. The van der Waals surface area contributed by atoms with E-state index < -0.39 is 17.6 Å². The van der Waals surface area contributed by atoms with E-state index in [1.807, 2.05) is 14.0 Å². The second kappa shape index (κ2) is 8.35. The van der Waals surface area contributed by atoms with Crippen molar-refractivity contribution in [3.05, 3.63) is 83.1 Å². The van der Waals surface area contributed by atoms with Crippen LogP contribution in [0.1, 0.15) is 28.4 Å². The summed E-state index contributed by atoms with van der Waals surface area (Å²) in [6, 6.07) is 8.02. The number of amides is 1. The summed E-state index contributed by atoms with van der Waals surface area (Å²) in [6.45, 7) is 1.96. The van der Waals surface area contributed by atoms with Crippen LogP contribution in [-0.2, 0) is 6.18 Å². The van der Waals surface area contributed by atoms with Crippen molar-refractivity contribution in [3.63, 3.8) is 0 Å². The summed E-state index contributed by atoms with van der Waals surface area (Å²) in [5.41, 5.74) is 1.51. The highest BCUT2D eigenvalue weighted by Gasteiger charge is 2.44. The number of anilines is 1. The minimum atomic E-state index is -4.53. The largest absolute Gasteiger partial charge is 0.416 e. The summed E-state index contributed by atoms with van der Waals surface area (Å²) in [6.07, 6.45) is 1.44. The van der Waals surface area contributed by atoms with Gasteiger partial charge in [0.15, 0.2) is 0 Å². The van der Waals surface area contributed by atoms with Gasteiger partial charge in [0, 0.05) is 11.8 Å². The first-order valence-electron chi connectivity index (χ1n) is 9.98. The molecule has 0 bridgehead atoms. The Morgan fingerprint density at radius 1 is 1.18 bits per heavy atom. The molecule has 2 aliphatic heterocycles. The van der Waals surface area contributed by atoms with Gasteiger partial charge in [0.25, 0.3) is 11.7 Å². The fourth-order valence-corrected chi connectivity index (χ4v) is 3.50. The van der Waals surface area contributed by atoms with Gasteiger partial charge in [0.2, 0.25) is 5.70 Å². The lowest BCUT2D eigenvalue weighted by Crippen LogP contribution is -2.53. The molecule has 1 aromatic carbocycles. The summed E-state index contributed by atoms with van der Waals surface area (Å²) < 4.78 is 38.5. The topological polar surface area (TPSA) is 105 Å². The van der Waals surface area contributed by atoms with E-state index in [4.69, 9.17) is 10.8 Å². The van der Waals surface area contributed by atoms with Crippen molar-refractivity contribution in [2.75, 3.05) is 12.4 Å². The molecule has 4 N–H and O–H groups in total. The number of alkyl halides is 3. The molecule has 0 aliphatic carbocycles. The van der Waals surface area contributed by atoms with Gasteiger partial charge in [-0.05, 0) is 50.4 Å². The normalized spacial score (nSPS) is 20.5. The van der Waals surface area contributed by atoms with Crippen molar-refractivity contribution in [2.24, 2.45) is 15.8 Å². The number of carbonyl (C=O) groups excluding carboxylic acids is 1. The number of aliphatic imine (C=N–C) groups is 2. The van der Waals surface area contributed by atoms with Gasteiger partial charge in [-0.15, -0.1) is 4.59 Å². The highest BCUT2D eigenvalue weighted by Crippen LogP contribution is 2.32. The maximum absolute atomic E-state index is 12.9. The predicted molar refractivity (Wildman–Crippen MR) is 118 cm³/mol. The number of rotatable bonds is 5. The van der Waals surface area contributed by atoms with Crippen molar-refractivity contribution in [2.45, 2.75) is 19.1 Å². The minimum Gasteiger partial charge on any atom is -0.312 e. The summed E-state index contributed by atoms with van der Waals surface area (Å²) >= 11 is 0. The lowest BCUT2D eigenvalue weighted by molar-refractivity contribution is -0.750. The number of aromatic nitrogens is 1. The monoisotopic (exact) mass is 456 g/mol. The first kappa shape index (κ1) is 22.5. The van der Waals surface area contributed by atoms with Crippen LogP contribution in [0, 0.1) is 0 Å². The highest BCUT2D eigenvalue weighted by atomic mass is 19.4. The molecule has 11 heteroatoms. The van der Waals surface area contributed by atoms with Gasteiger partial charge in [-0.1, -0.05) is 0 Å². The Kier molecular flexibility index (Phi) is 5.70.